The molecule has 1 aliphatic heterocycles. The molecular formula is C15H16FNOS. The van der Waals surface area contributed by atoms with Gasteiger partial charge in [-0.15, -0.1) is 11.3 Å². The van der Waals surface area contributed by atoms with Crippen LogP contribution in [0.5, 0.6) is 5.75 Å². The Bertz CT molecular complexity index is 581. The molecule has 3 rings (SSSR count). The minimum Gasteiger partial charge on any atom is -0.488 e. The van der Waals surface area contributed by atoms with Gasteiger partial charge >= 0.3 is 0 Å². The summed E-state index contributed by atoms with van der Waals surface area (Å²) in [6.45, 7) is 3.76. The van der Waals surface area contributed by atoms with Crippen LogP contribution in [0.3, 0.4) is 0 Å². The first-order valence-electron chi connectivity index (χ1n) is 6.42. The zero-order valence-electron chi connectivity index (χ0n) is 10.8. The van der Waals surface area contributed by atoms with E-state index in [2.05, 4.69) is 24.4 Å². The third kappa shape index (κ3) is 2.96. The number of fused-ring (bicyclic) bond motifs is 1. The number of benzene rings is 1. The Kier molecular flexibility index (Phi) is 3.53. The van der Waals surface area contributed by atoms with Gasteiger partial charge in [0.15, 0.2) is 0 Å². The highest BCUT2D eigenvalue weighted by Crippen LogP contribution is 2.29. The lowest BCUT2D eigenvalue weighted by atomic mass is 10.1. The summed E-state index contributed by atoms with van der Waals surface area (Å²) in [6.07, 6.45) is 0.890. The van der Waals surface area contributed by atoms with E-state index in [0.717, 1.165) is 30.8 Å². The smallest absolute Gasteiger partial charge is 0.123 e. The van der Waals surface area contributed by atoms with E-state index in [1.54, 1.807) is 23.5 Å². The molecule has 0 amide bonds. The van der Waals surface area contributed by atoms with Gasteiger partial charge in [-0.3, -0.25) is 0 Å². The number of hydrogen-bond acceptors (Lipinski definition) is 3. The lowest BCUT2D eigenvalue weighted by Gasteiger charge is -2.11. The number of hydrogen-bond donors (Lipinski definition) is 1. The molecule has 0 radical (unpaired) electrons. The molecule has 0 spiro atoms. The van der Waals surface area contributed by atoms with Crippen LogP contribution in [-0.4, -0.2) is 12.6 Å². The van der Waals surface area contributed by atoms with Gasteiger partial charge in [0.1, 0.15) is 17.7 Å². The van der Waals surface area contributed by atoms with Gasteiger partial charge in [0.25, 0.3) is 0 Å². The Morgan fingerprint density at radius 1 is 1.37 bits per heavy atom. The summed E-state index contributed by atoms with van der Waals surface area (Å²) in [5.41, 5.74) is 0.971. The second kappa shape index (κ2) is 5.31. The molecular weight excluding hydrogens is 261 g/mol. The highest BCUT2D eigenvalue weighted by molar-refractivity contribution is 7.11. The van der Waals surface area contributed by atoms with E-state index in [1.165, 1.54) is 15.8 Å². The summed E-state index contributed by atoms with van der Waals surface area (Å²) in [5.74, 6) is 0.630. The molecule has 0 fully saturated rings. The van der Waals surface area contributed by atoms with Gasteiger partial charge in [-0.1, -0.05) is 0 Å². The standard InChI is InChI=1S/C15H16FNOS/c1-10-2-4-14(19-10)9-17-8-13-7-11-6-12(16)3-5-15(11)18-13/h2-6,13,17H,7-9H2,1H3. The summed E-state index contributed by atoms with van der Waals surface area (Å²) in [6, 6.07) is 9.01. The summed E-state index contributed by atoms with van der Waals surface area (Å²) in [7, 11) is 0. The van der Waals surface area contributed by atoms with E-state index >= 15 is 0 Å². The molecule has 0 aliphatic carbocycles. The third-order valence-corrected chi connectivity index (χ3v) is 4.23. The fourth-order valence-electron chi connectivity index (χ4n) is 2.34. The van der Waals surface area contributed by atoms with Crippen LogP contribution in [-0.2, 0) is 13.0 Å². The van der Waals surface area contributed by atoms with Crippen molar-refractivity contribution >= 4 is 11.3 Å². The normalized spacial score (nSPS) is 17.3. The predicted octanol–water partition coefficient (Wildman–Crippen LogP) is 3.29. The molecule has 1 aromatic carbocycles. The van der Waals surface area contributed by atoms with Crippen LogP contribution in [0.1, 0.15) is 15.3 Å². The Balaban J connectivity index is 1.51. The third-order valence-electron chi connectivity index (χ3n) is 3.23. The zero-order valence-corrected chi connectivity index (χ0v) is 11.6. The quantitative estimate of drug-likeness (QED) is 0.926. The first-order chi connectivity index (χ1) is 9.20. The maximum Gasteiger partial charge on any atom is 0.123 e. The van der Waals surface area contributed by atoms with Gasteiger partial charge in [0.05, 0.1) is 0 Å². The van der Waals surface area contributed by atoms with Crippen LogP contribution < -0.4 is 10.1 Å². The molecule has 100 valence electrons. The molecule has 2 aromatic rings. The van der Waals surface area contributed by atoms with E-state index in [-0.39, 0.29) is 11.9 Å². The van der Waals surface area contributed by atoms with E-state index in [0.29, 0.717) is 0 Å². The number of rotatable bonds is 4. The Morgan fingerprint density at radius 3 is 3.05 bits per heavy atom. The van der Waals surface area contributed by atoms with E-state index in [4.69, 9.17) is 4.74 Å². The molecule has 1 aromatic heterocycles. The maximum atomic E-state index is 13.1. The first-order valence-corrected chi connectivity index (χ1v) is 7.23. The minimum atomic E-state index is -0.190. The molecule has 0 bridgehead atoms. The van der Waals surface area contributed by atoms with E-state index in [9.17, 15) is 4.39 Å². The summed E-state index contributed by atoms with van der Waals surface area (Å²) < 4.78 is 18.9. The van der Waals surface area contributed by atoms with Crippen molar-refractivity contribution in [3.8, 4) is 5.75 Å². The van der Waals surface area contributed by atoms with Crippen molar-refractivity contribution in [1.29, 1.82) is 0 Å². The Labute approximate surface area is 116 Å². The summed E-state index contributed by atoms with van der Waals surface area (Å²) in [4.78, 5) is 2.66. The van der Waals surface area contributed by atoms with Crippen molar-refractivity contribution in [2.75, 3.05) is 6.54 Å². The topological polar surface area (TPSA) is 21.3 Å². The van der Waals surface area contributed by atoms with Crippen molar-refractivity contribution in [2.45, 2.75) is 26.0 Å². The van der Waals surface area contributed by atoms with Crippen LogP contribution in [0.4, 0.5) is 4.39 Å². The average molecular weight is 277 g/mol. The Hall–Kier alpha value is -1.39. The largest absolute Gasteiger partial charge is 0.488 e. The van der Waals surface area contributed by atoms with Gasteiger partial charge in [0, 0.05) is 34.8 Å². The summed E-state index contributed by atoms with van der Waals surface area (Å²) in [5, 5.41) is 3.40. The van der Waals surface area contributed by atoms with Gasteiger partial charge < -0.3 is 10.1 Å². The van der Waals surface area contributed by atoms with Gasteiger partial charge in [-0.05, 0) is 37.3 Å². The Morgan fingerprint density at radius 2 is 2.26 bits per heavy atom. The van der Waals surface area contributed by atoms with Crippen LogP contribution in [0, 0.1) is 12.7 Å². The molecule has 2 heterocycles. The lowest BCUT2D eigenvalue weighted by Crippen LogP contribution is -2.29. The fourth-order valence-corrected chi connectivity index (χ4v) is 3.20. The number of thiophene rings is 1. The molecule has 0 saturated carbocycles. The number of halogens is 1. The number of nitrogens with one attached hydrogen (secondary N) is 1. The molecule has 1 atom stereocenters. The predicted molar refractivity (Wildman–Crippen MR) is 75.3 cm³/mol. The second-order valence-electron chi connectivity index (χ2n) is 4.84. The van der Waals surface area contributed by atoms with Crippen molar-refractivity contribution in [1.82, 2.24) is 5.32 Å². The molecule has 1 unspecified atom stereocenters. The molecule has 1 aliphatic rings. The zero-order chi connectivity index (χ0) is 13.2. The highest BCUT2D eigenvalue weighted by Gasteiger charge is 2.22. The fraction of sp³-hybridized carbons (Fsp3) is 0.333. The van der Waals surface area contributed by atoms with Gasteiger partial charge in [-0.25, -0.2) is 4.39 Å². The summed E-state index contributed by atoms with van der Waals surface area (Å²) >= 11 is 1.81. The average Bonchev–Trinajstić information content (AvgIpc) is 2.95. The molecule has 19 heavy (non-hydrogen) atoms. The molecule has 2 nitrogen and oxygen atoms in total. The molecule has 0 saturated heterocycles. The van der Waals surface area contributed by atoms with E-state index < -0.39 is 0 Å². The van der Waals surface area contributed by atoms with Crippen molar-refractivity contribution in [3.63, 3.8) is 0 Å². The van der Waals surface area contributed by atoms with Crippen LogP contribution in [0.2, 0.25) is 0 Å². The van der Waals surface area contributed by atoms with Crippen LogP contribution in [0.15, 0.2) is 30.3 Å². The SMILES string of the molecule is Cc1ccc(CNCC2Cc3cc(F)ccc3O2)s1. The molecule has 1 N–H and O–H groups in total. The highest BCUT2D eigenvalue weighted by atomic mass is 32.1. The van der Waals surface area contributed by atoms with Crippen molar-refractivity contribution < 1.29 is 9.13 Å². The van der Waals surface area contributed by atoms with Gasteiger partial charge in [-0.2, -0.15) is 0 Å². The number of ether oxygens (including phenoxy) is 1. The van der Waals surface area contributed by atoms with Crippen LogP contribution in [0.25, 0.3) is 0 Å². The van der Waals surface area contributed by atoms with E-state index in [1.807, 2.05) is 0 Å². The first kappa shape index (κ1) is 12.6. The maximum absolute atomic E-state index is 13.1. The second-order valence-corrected chi connectivity index (χ2v) is 6.21. The van der Waals surface area contributed by atoms with Crippen LogP contribution >= 0.6 is 11.3 Å². The van der Waals surface area contributed by atoms with Gasteiger partial charge in [0.2, 0.25) is 0 Å². The van der Waals surface area contributed by atoms with Crippen molar-refractivity contribution in [3.05, 3.63) is 51.5 Å². The molecule has 4 heteroatoms. The monoisotopic (exact) mass is 277 g/mol. The minimum absolute atomic E-state index is 0.109. The number of aryl methyl sites for hydroxylation is 1. The lowest BCUT2D eigenvalue weighted by molar-refractivity contribution is 0.227. The van der Waals surface area contributed by atoms with Crippen molar-refractivity contribution in [2.24, 2.45) is 0 Å².